The van der Waals surface area contributed by atoms with E-state index in [1.54, 1.807) is 0 Å². The van der Waals surface area contributed by atoms with Gasteiger partial charge in [0, 0.05) is 5.92 Å². The molecule has 1 fully saturated rings. The van der Waals surface area contributed by atoms with Crippen LogP contribution in [0.1, 0.15) is 68.6 Å². The Kier molecular flexibility index (Phi) is 10.5. The van der Waals surface area contributed by atoms with Crippen LogP contribution in [0.5, 0.6) is 0 Å². The smallest absolute Gasteiger partial charge is 0.338 e. The molecule has 0 saturated heterocycles. The zero-order chi connectivity index (χ0) is 18.1. The van der Waals surface area contributed by atoms with Crippen molar-refractivity contribution in [2.24, 2.45) is 5.92 Å². The topological polar surface area (TPSA) is 26.3 Å². The number of benzene rings is 1. The number of carbonyl (C=O) groups is 1. The third-order valence-electron chi connectivity index (χ3n) is 5.45. The number of nitrogens with zero attached hydrogens (tertiary/aromatic N) is 1. The number of unbranched alkanes of at least 4 members (excludes halogenated alkanes) is 3. The van der Waals surface area contributed by atoms with Crippen LogP contribution >= 0.6 is 0 Å². The van der Waals surface area contributed by atoms with E-state index in [1.807, 2.05) is 30.3 Å². The summed E-state index contributed by atoms with van der Waals surface area (Å²) < 4.78 is 6.97. The van der Waals surface area contributed by atoms with Crippen molar-refractivity contribution >= 4 is 5.97 Å². The SMILES string of the molecule is CCCCCC[N+](C)(C)C[C@H]1CCCC[C@H]1OC(=O)c1ccccc1.[Br-]. The normalized spacial score (nSPS) is 20.3. The maximum Gasteiger partial charge on any atom is 0.338 e. The Morgan fingerprint density at radius 3 is 2.46 bits per heavy atom. The monoisotopic (exact) mass is 425 g/mol. The van der Waals surface area contributed by atoms with Gasteiger partial charge >= 0.3 is 5.97 Å². The molecule has 0 N–H and O–H groups in total. The van der Waals surface area contributed by atoms with Crippen LogP contribution in [0.15, 0.2) is 30.3 Å². The lowest BCUT2D eigenvalue weighted by Gasteiger charge is -2.38. The van der Waals surface area contributed by atoms with Gasteiger partial charge in [0.2, 0.25) is 0 Å². The first kappa shape index (κ1) is 23.2. The molecule has 0 heterocycles. The average molecular weight is 426 g/mol. The standard InChI is InChI=1S/C22H36NO2.BrH/c1-4-5-6-12-17-23(2,3)18-20-15-10-11-16-21(20)25-22(24)19-13-8-7-9-14-19;/h7-9,13-14,20-21H,4-6,10-12,15-18H2,1-3H3;1H/q+1;/p-1/t20-,21-;/m1./s1. The zero-order valence-electron chi connectivity index (χ0n) is 16.8. The van der Waals surface area contributed by atoms with Crippen molar-refractivity contribution in [1.82, 2.24) is 0 Å². The first-order valence-electron chi connectivity index (χ1n) is 10.1. The second-order valence-corrected chi connectivity index (χ2v) is 8.26. The fraction of sp³-hybridized carbons (Fsp3) is 0.682. The Bertz CT molecular complexity index is 518. The van der Waals surface area contributed by atoms with E-state index < -0.39 is 0 Å². The highest BCUT2D eigenvalue weighted by Crippen LogP contribution is 2.29. The molecule has 1 aliphatic rings. The van der Waals surface area contributed by atoms with E-state index in [0.29, 0.717) is 11.5 Å². The van der Waals surface area contributed by atoms with Gasteiger partial charge in [-0.25, -0.2) is 4.79 Å². The van der Waals surface area contributed by atoms with Gasteiger partial charge in [0.05, 0.1) is 32.7 Å². The number of ether oxygens (including phenoxy) is 1. The number of hydrogen-bond acceptors (Lipinski definition) is 2. The quantitative estimate of drug-likeness (QED) is 0.343. The van der Waals surface area contributed by atoms with Gasteiger partial charge < -0.3 is 26.2 Å². The van der Waals surface area contributed by atoms with Crippen molar-refractivity contribution in [3.05, 3.63) is 35.9 Å². The summed E-state index contributed by atoms with van der Waals surface area (Å²) in [5.41, 5.74) is 0.667. The van der Waals surface area contributed by atoms with Crippen molar-refractivity contribution in [2.75, 3.05) is 27.2 Å². The Balaban J connectivity index is 0.00000338. The van der Waals surface area contributed by atoms with Crippen LogP contribution in [-0.4, -0.2) is 43.7 Å². The summed E-state index contributed by atoms with van der Waals surface area (Å²) in [5, 5.41) is 0. The van der Waals surface area contributed by atoms with E-state index in [1.165, 1.54) is 51.5 Å². The Hall–Kier alpha value is -0.870. The van der Waals surface area contributed by atoms with E-state index in [-0.39, 0.29) is 29.1 Å². The highest BCUT2D eigenvalue weighted by molar-refractivity contribution is 5.89. The molecule has 0 unspecified atom stereocenters. The lowest BCUT2D eigenvalue weighted by atomic mass is 9.85. The molecular weight excluding hydrogens is 390 g/mol. The van der Waals surface area contributed by atoms with Crippen LogP contribution in [0.3, 0.4) is 0 Å². The molecule has 0 aromatic heterocycles. The first-order valence-corrected chi connectivity index (χ1v) is 10.1. The lowest BCUT2D eigenvalue weighted by molar-refractivity contribution is -0.894. The van der Waals surface area contributed by atoms with Crippen molar-refractivity contribution in [3.63, 3.8) is 0 Å². The molecule has 0 bridgehead atoms. The summed E-state index contributed by atoms with van der Waals surface area (Å²) in [4.78, 5) is 12.4. The molecular formula is C22H36BrNO2. The molecule has 0 amide bonds. The van der Waals surface area contributed by atoms with E-state index in [2.05, 4.69) is 21.0 Å². The molecule has 148 valence electrons. The molecule has 1 saturated carbocycles. The summed E-state index contributed by atoms with van der Waals surface area (Å²) in [6.45, 7) is 4.59. The van der Waals surface area contributed by atoms with Gasteiger partial charge in [-0.3, -0.25) is 0 Å². The predicted molar refractivity (Wildman–Crippen MR) is 104 cm³/mol. The molecule has 1 aromatic rings. The molecule has 0 aliphatic heterocycles. The summed E-state index contributed by atoms with van der Waals surface area (Å²) >= 11 is 0. The number of halogens is 1. The van der Waals surface area contributed by atoms with Crippen LogP contribution in [0.25, 0.3) is 0 Å². The van der Waals surface area contributed by atoms with Gasteiger partial charge in [-0.2, -0.15) is 0 Å². The van der Waals surface area contributed by atoms with Gasteiger partial charge in [0.1, 0.15) is 6.10 Å². The van der Waals surface area contributed by atoms with Gasteiger partial charge in [0.15, 0.2) is 0 Å². The fourth-order valence-electron chi connectivity index (χ4n) is 4.01. The Labute approximate surface area is 170 Å². The lowest BCUT2D eigenvalue weighted by Crippen LogP contribution is -3.00. The molecule has 4 heteroatoms. The minimum absolute atomic E-state index is 0. The van der Waals surface area contributed by atoms with Crippen molar-refractivity contribution < 1.29 is 31.0 Å². The Morgan fingerprint density at radius 2 is 1.77 bits per heavy atom. The first-order chi connectivity index (χ1) is 12.0. The van der Waals surface area contributed by atoms with E-state index in [9.17, 15) is 4.79 Å². The minimum atomic E-state index is -0.161. The maximum absolute atomic E-state index is 12.4. The van der Waals surface area contributed by atoms with Crippen molar-refractivity contribution in [2.45, 2.75) is 64.4 Å². The largest absolute Gasteiger partial charge is 1.00 e. The zero-order valence-corrected chi connectivity index (χ0v) is 18.3. The maximum atomic E-state index is 12.4. The molecule has 26 heavy (non-hydrogen) atoms. The predicted octanol–water partition coefficient (Wildman–Crippen LogP) is 2.06. The number of quaternary nitrogens is 1. The van der Waals surface area contributed by atoms with E-state index >= 15 is 0 Å². The molecule has 0 radical (unpaired) electrons. The third kappa shape index (κ3) is 7.79. The van der Waals surface area contributed by atoms with E-state index in [4.69, 9.17) is 4.74 Å². The van der Waals surface area contributed by atoms with Crippen LogP contribution in [-0.2, 0) is 4.74 Å². The molecule has 0 spiro atoms. The second kappa shape index (κ2) is 11.8. The molecule has 3 nitrogen and oxygen atoms in total. The second-order valence-electron chi connectivity index (χ2n) is 8.26. The average Bonchev–Trinajstić information content (AvgIpc) is 2.61. The molecule has 2 atom stereocenters. The van der Waals surface area contributed by atoms with Gasteiger partial charge in [0.25, 0.3) is 0 Å². The minimum Gasteiger partial charge on any atom is -1.00 e. The summed E-state index contributed by atoms with van der Waals surface area (Å²) in [6, 6.07) is 9.40. The fourth-order valence-corrected chi connectivity index (χ4v) is 4.01. The summed E-state index contributed by atoms with van der Waals surface area (Å²) in [7, 11) is 4.66. The van der Waals surface area contributed by atoms with Crippen molar-refractivity contribution in [3.8, 4) is 0 Å². The van der Waals surface area contributed by atoms with Crippen molar-refractivity contribution in [1.29, 1.82) is 0 Å². The van der Waals surface area contributed by atoms with E-state index in [0.717, 1.165) is 17.4 Å². The number of hydrogen-bond donors (Lipinski definition) is 0. The highest BCUT2D eigenvalue weighted by atomic mass is 79.9. The van der Waals surface area contributed by atoms with Crippen LogP contribution < -0.4 is 17.0 Å². The number of esters is 1. The number of rotatable bonds is 9. The molecule has 1 aliphatic carbocycles. The third-order valence-corrected chi connectivity index (χ3v) is 5.45. The van der Waals surface area contributed by atoms with Gasteiger partial charge in [-0.15, -0.1) is 0 Å². The van der Waals surface area contributed by atoms with Gasteiger partial charge in [-0.05, 0) is 44.2 Å². The van der Waals surface area contributed by atoms with Crippen LogP contribution in [0.2, 0.25) is 0 Å². The number of carbonyl (C=O) groups excluding carboxylic acids is 1. The summed E-state index contributed by atoms with van der Waals surface area (Å²) in [5.74, 6) is 0.327. The Morgan fingerprint density at radius 1 is 1.08 bits per heavy atom. The van der Waals surface area contributed by atoms with Crippen LogP contribution in [0, 0.1) is 5.92 Å². The molecule has 2 rings (SSSR count). The molecule has 1 aromatic carbocycles. The van der Waals surface area contributed by atoms with Gasteiger partial charge in [-0.1, -0.05) is 44.4 Å². The highest BCUT2D eigenvalue weighted by Gasteiger charge is 2.33. The van der Waals surface area contributed by atoms with Crippen LogP contribution in [0.4, 0.5) is 0 Å². The summed E-state index contributed by atoms with van der Waals surface area (Å²) in [6.07, 6.45) is 9.95.